The van der Waals surface area contributed by atoms with Crippen molar-refractivity contribution in [3.8, 4) is 0 Å². The van der Waals surface area contributed by atoms with Crippen LogP contribution in [0.3, 0.4) is 0 Å². The van der Waals surface area contributed by atoms with Gasteiger partial charge < -0.3 is 19.2 Å². The normalized spacial score (nSPS) is 13.8. The van der Waals surface area contributed by atoms with Crippen molar-refractivity contribution in [1.29, 1.82) is 0 Å². The van der Waals surface area contributed by atoms with E-state index in [9.17, 15) is 14.4 Å². The van der Waals surface area contributed by atoms with Gasteiger partial charge in [-0.15, -0.1) is 0 Å². The molecule has 3 heterocycles. The zero-order valence-corrected chi connectivity index (χ0v) is 13.9. The number of nitrogens with zero attached hydrogens (tertiary/aromatic N) is 2. The van der Waals surface area contributed by atoms with E-state index in [1.54, 1.807) is 30.5 Å². The smallest absolute Gasteiger partial charge is 0.287 e. The third-order valence-corrected chi connectivity index (χ3v) is 4.19. The molecule has 7 nitrogen and oxygen atoms in total. The van der Waals surface area contributed by atoms with Gasteiger partial charge in [-0.05, 0) is 31.0 Å². The Morgan fingerprint density at radius 1 is 1.12 bits per heavy atom. The van der Waals surface area contributed by atoms with Crippen LogP contribution < -0.4 is 10.9 Å². The highest BCUT2D eigenvalue weighted by Crippen LogP contribution is 2.10. The molecule has 1 fully saturated rings. The molecule has 0 aliphatic carbocycles. The van der Waals surface area contributed by atoms with Crippen LogP contribution in [0.5, 0.6) is 0 Å². The van der Waals surface area contributed by atoms with Gasteiger partial charge in [0.25, 0.3) is 11.5 Å². The van der Waals surface area contributed by atoms with Crippen LogP contribution in [-0.2, 0) is 11.3 Å². The highest BCUT2D eigenvalue weighted by molar-refractivity contribution is 5.91. The molecule has 0 aromatic carbocycles. The third-order valence-electron chi connectivity index (χ3n) is 4.19. The largest absolute Gasteiger partial charge is 0.454 e. The number of aromatic nitrogens is 1. The van der Waals surface area contributed by atoms with E-state index >= 15 is 0 Å². The molecule has 0 unspecified atom stereocenters. The first kappa shape index (κ1) is 17.0. The van der Waals surface area contributed by atoms with Crippen molar-refractivity contribution in [3.63, 3.8) is 0 Å². The van der Waals surface area contributed by atoms with Gasteiger partial charge in [-0.1, -0.05) is 6.07 Å². The van der Waals surface area contributed by atoms with Gasteiger partial charge >= 0.3 is 0 Å². The lowest BCUT2D eigenvalue weighted by molar-refractivity contribution is -0.129. The number of furan rings is 1. The van der Waals surface area contributed by atoms with Gasteiger partial charge in [-0.25, -0.2) is 0 Å². The number of hydrogen-bond acceptors (Lipinski definition) is 4. The minimum absolute atomic E-state index is 0.0707. The van der Waals surface area contributed by atoms with E-state index in [0.29, 0.717) is 12.2 Å². The van der Waals surface area contributed by atoms with Crippen LogP contribution >= 0.6 is 0 Å². The molecule has 2 aromatic heterocycles. The molecule has 1 N–H and O–H groups in total. The minimum atomic E-state index is -0.360. The Kier molecular flexibility index (Phi) is 5.33. The van der Waals surface area contributed by atoms with Crippen molar-refractivity contribution in [3.05, 3.63) is 58.4 Å². The van der Waals surface area contributed by atoms with E-state index in [-0.39, 0.29) is 36.2 Å². The molecule has 1 saturated heterocycles. The molecule has 0 radical (unpaired) electrons. The molecule has 0 saturated carbocycles. The molecule has 132 valence electrons. The summed E-state index contributed by atoms with van der Waals surface area (Å²) in [6, 6.07) is 8.14. The fourth-order valence-electron chi connectivity index (χ4n) is 2.84. The maximum Gasteiger partial charge on any atom is 0.287 e. The summed E-state index contributed by atoms with van der Waals surface area (Å²) in [5, 5.41) is 2.69. The number of rotatable bonds is 6. The van der Waals surface area contributed by atoms with Crippen LogP contribution in [0, 0.1) is 0 Å². The van der Waals surface area contributed by atoms with Crippen molar-refractivity contribution in [2.75, 3.05) is 19.6 Å². The summed E-state index contributed by atoms with van der Waals surface area (Å²) in [4.78, 5) is 37.5. The SMILES string of the molecule is O=C(NCCC(=O)N1CCCC1)c1ccc(Cn2ccccc2=O)o1. The van der Waals surface area contributed by atoms with Gasteiger partial charge in [0.05, 0.1) is 6.54 Å². The van der Waals surface area contributed by atoms with Gasteiger partial charge in [-0.3, -0.25) is 14.4 Å². The zero-order valence-electron chi connectivity index (χ0n) is 13.9. The monoisotopic (exact) mass is 343 g/mol. The Bertz CT molecular complexity index is 802. The second kappa shape index (κ2) is 7.83. The molecule has 3 rings (SSSR count). The summed E-state index contributed by atoms with van der Waals surface area (Å²) in [5.74, 6) is 0.404. The lowest BCUT2D eigenvalue weighted by Crippen LogP contribution is -2.32. The first-order chi connectivity index (χ1) is 12.1. The number of nitrogens with one attached hydrogen (secondary N) is 1. The standard InChI is InChI=1S/C18H21N3O4/c22-16-5-1-2-12-21(16)13-14-6-7-15(25-14)18(24)19-9-8-17(23)20-10-3-4-11-20/h1-2,5-7,12H,3-4,8-11,13H2,(H,19,24). The molecule has 2 aromatic rings. The highest BCUT2D eigenvalue weighted by Gasteiger charge is 2.18. The van der Waals surface area contributed by atoms with E-state index in [1.165, 1.54) is 10.6 Å². The van der Waals surface area contributed by atoms with Crippen molar-refractivity contribution in [2.24, 2.45) is 0 Å². The Morgan fingerprint density at radius 2 is 1.92 bits per heavy atom. The zero-order chi connectivity index (χ0) is 17.6. The second-order valence-corrected chi connectivity index (χ2v) is 6.03. The summed E-state index contributed by atoms with van der Waals surface area (Å²) >= 11 is 0. The fourth-order valence-corrected chi connectivity index (χ4v) is 2.84. The average molecular weight is 343 g/mol. The predicted molar refractivity (Wildman–Crippen MR) is 91.3 cm³/mol. The number of hydrogen-bond donors (Lipinski definition) is 1. The molecule has 0 spiro atoms. The van der Waals surface area contributed by atoms with E-state index in [1.807, 2.05) is 4.90 Å². The lowest BCUT2D eigenvalue weighted by atomic mass is 10.3. The van der Waals surface area contributed by atoms with Gasteiger partial charge in [0.1, 0.15) is 5.76 Å². The Labute approximate surface area is 145 Å². The van der Waals surface area contributed by atoms with Gasteiger partial charge in [0.15, 0.2) is 5.76 Å². The first-order valence-corrected chi connectivity index (χ1v) is 8.43. The maximum atomic E-state index is 12.1. The first-order valence-electron chi connectivity index (χ1n) is 8.43. The van der Waals surface area contributed by atoms with Crippen molar-refractivity contribution in [2.45, 2.75) is 25.8 Å². The van der Waals surface area contributed by atoms with Crippen LogP contribution in [0.1, 0.15) is 35.6 Å². The topological polar surface area (TPSA) is 84.5 Å². The lowest BCUT2D eigenvalue weighted by Gasteiger charge is -2.14. The number of carbonyl (C=O) groups is 2. The molecule has 25 heavy (non-hydrogen) atoms. The Morgan fingerprint density at radius 3 is 2.68 bits per heavy atom. The van der Waals surface area contributed by atoms with Crippen molar-refractivity contribution in [1.82, 2.24) is 14.8 Å². The van der Waals surface area contributed by atoms with Crippen LogP contribution in [-0.4, -0.2) is 40.9 Å². The maximum absolute atomic E-state index is 12.1. The average Bonchev–Trinajstić information content (AvgIpc) is 3.28. The van der Waals surface area contributed by atoms with Crippen LogP contribution in [0.15, 0.2) is 45.7 Å². The van der Waals surface area contributed by atoms with Gasteiger partial charge in [0, 0.05) is 38.3 Å². The minimum Gasteiger partial charge on any atom is -0.454 e. The Hall–Kier alpha value is -2.83. The fraction of sp³-hybridized carbons (Fsp3) is 0.389. The summed E-state index contributed by atoms with van der Waals surface area (Å²) in [5.41, 5.74) is -0.134. The van der Waals surface area contributed by atoms with E-state index in [0.717, 1.165) is 25.9 Å². The quantitative estimate of drug-likeness (QED) is 0.855. The third kappa shape index (κ3) is 4.37. The van der Waals surface area contributed by atoms with E-state index < -0.39 is 0 Å². The molecule has 7 heteroatoms. The number of pyridine rings is 1. The van der Waals surface area contributed by atoms with Gasteiger partial charge in [0.2, 0.25) is 5.91 Å². The van der Waals surface area contributed by atoms with E-state index in [4.69, 9.17) is 4.42 Å². The Balaban J connectivity index is 1.49. The summed E-state index contributed by atoms with van der Waals surface area (Å²) < 4.78 is 6.99. The van der Waals surface area contributed by atoms with E-state index in [2.05, 4.69) is 5.32 Å². The van der Waals surface area contributed by atoms with Crippen molar-refractivity contribution >= 4 is 11.8 Å². The van der Waals surface area contributed by atoms with Crippen molar-refractivity contribution < 1.29 is 14.0 Å². The number of carbonyl (C=O) groups excluding carboxylic acids is 2. The predicted octanol–water partition coefficient (Wildman–Crippen LogP) is 1.23. The molecule has 2 amide bonds. The molecule has 0 bridgehead atoms. The number of amides is 2. The van der Waals surface area contributed by atoms with Crippen LogP contribution in [0.2, 0.25) is 0 Å². The van der Waals surface area contributed by atoms with Crippen LogP contribution in [0.25, 0.3) is 0 Å². The second-order valence-electron chi connectivity index (χ2n) is 6.03. The highest BCUT2D eigenvalue weighted by atomic mass is 16.4. The summed E-state index contributed by atoms with van der Waals surface area (Å²) in [6.07, 6.45) is 4.06. The van der Waals surface area contributed by atoms with Gasteiger partial charge in [-0.2, -0.15) is 0 Å². The molecule has 0 atom stereocenters. The van der Waals surface area contributed by atoms with Crippen LogP contribution in [0.4, 0.5) is 0 Å². The number of likely N-dealkylation sites (tertiary alicyclic amines) is 1. The molecular formula is C18H21N3O4. The summed E-state index contributed by atoms with van der Waals surface area (Å²) in [6.45, 7) is 2.17. The summed E-state index contributed by atoms with van der Waals surface area (Å²) in [7, 11) is 0. The molecular weight excluding hydrogens is 322 g/mol. The molecule has 1 aliphatic rings. The molecule has 1 aliphatic heterocycles.